The second-order valence-electron chi connectivity index (χ2n) is 4.43. The predicted octanol–water partition coefficient (Wildman–Crippen LogP) is 1.51. The summed E-state index contributed by atoms with van der Waals surface area (Å²) in [6.45, 7) is 0. The van der Waals surface area contributed by atoms with Gasteiger partial charge in [0, 0.05) is 6.04 Å². The number of nitrogens with two attached hydrogens (primary N) is 1. The molecule has 0 aromatic carbocycles. The molecule has 104 valence electrons. The molecule has 3 N–H and O–H groups in total. The fourth-order valence-electron chi connectivity index (χ4n) is 2.21. The highest BCUT2D eigenvalue weighted by Gasteiger charge is 2.32. The third-order valence-corrected chi connectivity index (χ3v) is 3.22. The Morgan fingerprint density at radius 2 is 2.32 bits per heavy atom. The smallest absolute Gasteiger partial charge is 0.356 e. The second kappa shape index (κ2) is 5.48. The number of esters is 1. The molecule has 0 aliphatic carbocycles. The molecule has 5 nitrogen and oxygen atoms in total. The van der Waals surface area contributed by atoms with Crippen LogP contribution in [0, 0.1) is 0 Å². The molecule has 7 heteroatoms. The number of carbonyl (C=O) groups excluding carboxylic acids is 1. The molecule has 0 bridgehead atoms. The molecule has 0 saturated carbocycles. The van der Waals surface area contributed by atoms with Gasteiger partial charge < -0.3 is 15.8 Å². The average molecular weight is 271 g/mol. The number of pyridine rings is 1. The molecule has 2 atom stereocenters. The van der Waals surface area contributed by atoms with Gasteiger partial charge in [0.15, 0.2) is 0 Å². The highest BCUT2D eigenvalue weighted by atomic mass is 19.3. The summed E-state index contributed by atoms with van der Waals surface area (Å²) >= 11 is 0. The number of anilines is 1. The molecular weight excluding hydrogens is 256 g/mol. The minimum Gasteiger partial charge on any atom is -0.464 e. The molecule has 1 aromatic heterocycles. The summed E-state index contributed by atoms with van der Waals surface area (Å²) in [6.07, 6.45) is -0.145. The van der Waals surface area contributed by atoms with Crippen molar-refractivity contribution in [2.45, 2.75) is 31.4 Å². The Hall–Kier alpha value is -1.76. The fourth-order valence-corrected chi connectivity index (χ4v) is 2.21. The van der Waals surface area contributed by atoms with Gasteiger partial charge in [-0.05, 0) is 24.5 Å². The summed E-state index contributed by atoms with van der Waals surface area (Å²) in [5.41, 5.74) is 6.89. The highest BCUT2D eigenvalue weighted by Crippen LogP contribution is 2.32. The lowest BCUT2D eigenvalue weighted by Crippen LogP contribution is -2.31. The standard InChI is InChI=1S/C12H15F2N3O2/c1-19-12(18)10-4-6(7(15)5-16-10)8-2-3-9(17-8)11(13)14/h4-5,8-9,11,17H,2-3,15H2,1H3/t8-,9-/m1/s1. The molecule has 1 aromatic rings. The monoisotopic (exact) mass is 271 g/mol. The van der Waals surface area contributed by atoms with Crippen LogP contribution in [0.2, 0.25) is 0 Å². The quantitative estimate of drug-likeness (QED) is 0.815. The first kappa shape index (κ1) is 13.7. The normalized spacial score (nSPS) is 22.7. The lowest BCUT2D eigenvalue weighted by atomic mass is 10.0. The number of ether oxygens (including phenoxy) is 1. The number of rotatable bonds is 3. The molecule has 0 radical (unpaired) electrons. The van der Waals surface area contributed by atoms with Gasteiger partial charge >= 0.3 is 5.97 Å². The second-order valence-corrected chi connectivity index (χ2v) is 4.43. The Bertz CT molecular complexity index is 482. The Kier molecular flexibility index (Phi) is 3.94. The maximum absolute atomic E-state index is 12.6. The highest BCUT2D eigenvalue weighted by molar-refractivity contribution is 5.87. The largest absolute Gasteiger partial charge is 0.464 e. The van der Waals surface area contributed by atoms with Gasteiger partial charge in [0.1, 0.15) is 5.69 Å². The number of hydrogen-bond acceptors (Lipinski definition) is 5. The Morgan fingerprint density at radius 3 is 2.89 bits per heavy atom. The first-order chi connectivity index (χ1) is 9.02. The molecule has 0 unspecified atom stereocenters. The first-order valence-corrected chi connectivity index (χ1v) is 5.91. The SMILES string of the molecule is COC(=O)c1cc([C@H]2CC[C@H](C(F)F)N2)c(N)cn1. The molecule has 1 saturated heterocycles. The van der Waals surface area contributed by atoms with Crippen LogP contribution in [0.15, 0.2) is 12.3 Å². The summed E-state index contributed by atoms with van der Waals surface area (Å²) in [4.78, 5) is 15.3. The van der Waals surface area contributed by atoms with Gasteiger partial charge in [0.25, 0.3) is 6.43 Å². The van der Waals surface area contributed by atoms with E-state index in [9.17, 15) is 13.6 Å². The van der Waals surface area contributed by atoms with Gasteiger partial charge in [-0.3, -0.25) is 0 Å². The van der Waals surface area contributed by atoms with Crippen LogP contribution in [-0.2, 0) is 4.74 Å². The van der Waals surface area contributed by atoms with Crippen molar-refractivity contribution < 1.29 is 18.3 Å². The van der Waals surface area contributed by atoms with Gasteiger partial charge in [-0.1, -0.05) is 0 Å². The summed E-state index contributed by atoms with van der Waals surface area (Å²) in [6, 6.07) is 0.372. The lowest BCUT2D eigenvalue weighted by Gasteiger charge is -2.16. The van der Waals surface area contributed by atoms with E-state index in [4.69, 9.17) is 5.73 Å². The van der Waals surface area contributed by atoms with Gasteiger partial charge in [-0.2, -0.15) is 0 Å². The third-order valence-electron chi connectivity index (χ3n) is 3.22. The zero-order valence-corrected chi connectivity index (χ0v) is 10.4. The van der Waals surface area contributed by atoms with Gasteiger partial charge in [-0.15, -0.1) is 0 Å². The van der Waals surface area contributed by atoms with Crippen LogP contribution < -0.4 is 11.1 Å². The molecule has 0 spiro atoms. The van der Waals surface area contributed by atoms with Crippen LogP contribution in [-0.4, -0.2) is 30.5 Å². The van der Waals surface area contributed by atoms with Gasteiger partial charge in [0.05, 0.1) is 25.0 Å². The summed E-state index contributed by atoms with van der Waals surface area (Å²) in [5, 5.41) is 2.82. The Labute approximate surface area is 109 Å². The van der Waals surface area contributed by atoms with Gasteiger partial charge in [-0.25, -0.2) is 18.6 Å². The number of nitrogen functional groups attached to an aromatic ring is 1. The first-order valence-electron chi connectivity index (χ1n) is 5.91. The van der Waals surface area contributed by atoms with Crippen LogP contribution in [0.4, 0.5) is 14.5 Å². The minimum absolute atomic E-state index is 0.119. The van der Waals surface area contributed by atoms with Crippen LogP contribution in [0.1, 0.15) is 34.9 Å². The fraction of sp³-hybridized carbons (Fsp3) is 0.500. The molecule has 1 aliphatic rings. The number of nitrogens with zero attached hydrogens (tertiary/aromatic N) is 1. The van der Waals surface area contributed by atoms with Crippen molar-refractivity contribution in [1.82, 2.24) is 10.3 Å². The number of nitrogens with one attached hydrogen (secondary N) is 1. The van der Waals surface area contributed by atoms with Crippen molar-refractivity contribution in [3.05, 3.63) is 23.5 Å². The zero-order valence-electron chi connectivity index (χ0n) is 10.4. The van der Waals surface area contributed by atoms with E-state index in [1.54, 1.807) is 0 Å². The van der Waals surface area contributed by atoms with E-state index in [1.165, 1.54) is 19.4 Å². The van der Waals surface area contributed by atoms with Crippen molar-refractivity contribution in [3.63, 3.8) is 0 Å². The van der Waals surface area contributed by atoms with Crippen molar-refractivity contribution in [1.29, 1.82) is 0 Å². The lowest BCUT2D eigenvalue weighted by molar-refractivity contribution is 0.0593. The van der Waals surface area contributed by atoms with Crippen LogP contribution in [0.3, 0.4) is 0 Å². The van der Waals surface area contributed by atoms with Gasteiger partial charge in [0.2, 0.25) is 0 Å². The van der Waals surface area contributed by atoms with E-state index in [0.717, 1.165) is 0 Å². The molecule has 0 amide bonds. The van der Waals surface area contributed by atoms with E-state index in [-0.39, 0.29) is 11.7 Å². The predicted molar refractivity (Wildman–Crippen MR) is 64.9 cm³/mol. The number of methoxy groups -OCH3 is 1. The Morgan fingerprint density at radius 1 is 1.58 bits per heavy atom. The van der Waals surface area contributed by atoms with Crippen molar-refractivity contribution >= 4 is 11.7 Å². The summed E-state index contributed by atoms with van der Waals surface area (Å²) < 4.78 is 29.8. The molecule has 2 rings (SSSR count). The number of carbonyl (C=O) groups is 1. The number of hydrogen-bond donors (Lipinski definition) is 2. The number of halogens is 2. The third kappa shape index (κ3) is 2.81. The topological polar surface area (TPSA) is 77.2 Å². The zero-order chi connectivity index (χ0) is 14.0. The molecule has 1 aliphatic heterocycles. The Balaban J connectivity index is 2.22. The van der Waals surface area contributed by atoms with Crippen molar-refractivity contribution in [2.24, 2.45) is 0 Å². The minimum atomic E-state index is -2.41. The average Bonchev–Trinajstić information content (AvgIpc) is 2.88. The van der Waals surface area contributed by atoms with E-state index in [0.29, 0.717) is 24.1 Å². The molecule has 1 fully saturated rings. The maximum atomic E-state index is 12.6. The summed E-state index contributed by atoms with van der Waals surface area (Å²) in [5.74, 6) is -0.579. The van der Waals surface area contributed by atoms with Crippen molar-refractivity contribution in [2.75, 3.05) is 12.8 Å². The van der Waals surface area contributed by atoms with E-state index >= 15 is 0 Å². The maximum Gasteiger partial charge on any atom is 0.356 e. The molecular formula is C12H15F2N3O2. The van der Waals surface area contributed by atoms with E-state index < -0.39 is 18.4 Å². The van der Waals surface area contributed by atoms with Crippen molar-refractivity contribution in [3.8, 4) is 0 Å². The number of aromatic nitrogens is 1. The molecule has 19 heavy (non-hydrogen) atoms. The molecule has 2 heterocycles. The van der Waals surface area contributed by atoms with Crippen LogP contribution in [0.25, 0.3) is 0 Å². The van der Waals surface area contributed by atoms with E-state index in [2.05, 4.69) is 15.0 Å². The van der Waals surface area contributed by atoms with Crippen LogP contribution in [0.5, 0.6) is 0 Å². The summed E-state index contributed by atoms with van der Waals surface area (Å²) in [7, 11) is 1.25. The number of alkyl halides is 2. The van der Waals surface area contributed by atoms with E-state index in [1.807, 2.05) is 0 Å². The van der Waals surface area contributed by atoms with Crippen LogP contribution >= 0.6 is 0 Å².